The summed E-state index contributed by atoms with van der Waals surface area (Å²) in [7, 11) is 0. The van der Waals surface area contributed by atoms with Crippen molar-refractivity contribution in [1.29, 1.82) is 0 Å². The van der Waals surface area contributed by atoms with Gasteiger partial charge in [0.2, 0.25) is 0 Å². The Morgan fingerprint density at radius 2 is 2.00 bits per heavy atom. The number of nitrogens with one attached hydrogen (secondary N) is 2. The molecule has 1 aromatic rings. The number of aromatic amines is 2. The van der Waals surface area contributed by atoms with E-state index >= 15 is 0 Å². The Labute approximate surface area is 46.3 Å². The largest absolute Gasteiger partial charge is 0.344 e. The van der Waals surface area contributed by atoms with Crippen molar-refractivity contribution in [2.24, 2.45) is 0 Å². The number of rotatable bonds is 0. The lowest BCUT2D eigenvalue weighted by Crippen LogP contribution is -1.93. The number of aromatic nitrogens is 2. The molecule has 0 fully saturated rings. The molecule has 0 saturated heterocycles. The van der Waals surface area contributed by atoms with Gasteiger partial charge in [-0.2, -0.15) is 0 Å². The maximum Gasteiger partial charge on any atom is 0.263 e. The molecule has 1 rings (SSSR count). The molecule has 0 unspecified atom stereocenters. The summed E-state index contributed by atoms with van der Waals surface area (Å²) in [5, 5.41) is 4.81. The van der Waals surface area contributed by atoms with Crippen LogP contribution in [0.1, 0.15) is 0 Å². The second-order valence-corrected chi connectivity index (χ2v) is 0.967. The summed E-state index contributed by atoms with van der Waals surface area (Å²) in [5.41, 5.74) is -0.0880. The highest BCUT2D eigenvalue weighted by atomic mass is 16.1. The van der Waals surface area contributed by atoms with E-state index in [1.165, 1.54) is 6.07 Å². The molecule has 0 radical (unpaired) electrons. The molecule has 0 saturated carbocycles. The van der Waals surface area contributed by atoms with Crippen molar-refractivity contribution in [2.75, 3.05) is 0 Å². The van der Waals surface area contributed by atoms with Crippen LogP contribution in [0.5, 0.6) is 0 Å². The van der Waals surface area contributed by atoms with Crippen LogP contribution >= 0.6 is 0 Å². The van der Waals surface area contributed by atoms with Crippen LogP contribution in [-0.4, -0.2) is 10.2 Å². The first-order chi connectivity index (χ1) is 2.89. The Kier molecular flexibility index (Phi) is 5.14. The van der Waals surface area contributed by atoms with Crippen LogP contribution in [0.15, 0.2) is 17.1 Å². The van der Waals surface area contributed by atoms with Gasteiger partial charge >= 0.3 is 0 Å². The molecule has 1 heterocycles. The molecule has 5 nitrogen and oxygen atoms in total. The SMILES string of the molecule is N.N.O=c1cc[nH][nH]1. The van der Waals surface area contributed by atoms with E-state index in [4.69, 9.17) is 0 Å². The molecule has 0 spiro atoms. The first kappa shape index (κ1) is 10.0. The Morgan fingerprint density at radius 1 is 1.38 bits per heavy atom. The Balaban J connectivity index is 0. The van der Waals surface area contributed by atoms with E-state index in [0.717, 1.165) is 0 Å². The molecule has 0 aliphatic heterocycles. The second kappa shape index (κ2) is 4.10. The van der Waals surface area contributed by atoms with Crippen molar-refractivity contribution in [3.8, 4) is 0 Å². The third-order valence-corrected chi connectivity index (χ3v) is 0.513. The van der Waals surface area contributed by atoms with Gasteiger partial charge in [0.05, 0.1) is 0 Å². The fourth-order valence-corrected chi connectivity index (χ4v) is 0.272. The lowest BCUT2D eigenvalue weighted by Gasteiger charge is -1.55. The van der Waals surface area contributed by atoms with Gasteiger partial charge in [-0.05, 0) is 0 Å². The van der Waals surface area contributed by atoms with Gasteiger partial charge in [0.1, 0.15) is 0 Å². The monoisotopic (exact) mass is 118 g/mol. The lowest BCUT2D eigenvalue weighted by molar-refractivity contribution is 1.06. The fraction of sp³-hybridized carbons (Fsp3) is 0. The molecule has 0 amide bonds. The molecule has 8 N–H and O–H groups in total. The number of hydrogen-bond donors (Lipinski definition) is 4. The van der Waals surface area contributed by atoms with Crippen molar-refractivity contribution in [3.05, 3.63) is 22.6 Å². The zero-order valence-electron chi connectivity index (χ0n) is 4.48. The summed E-state index contributed by atoms with van der Waals surface area (Å²) < 4.78 is 0. The normalized spacial score (nSPS) is 6.50. The number of H-pyrrole nitrogens is 2. The van der Waals surface area contributed by atoms with Gasteiger partial charge in [0, 0.05) is 12.3 Å². The smallest absolute Gasteiger partial charge is 0.263 e. The highest BCUT2D eigenvalue weighted by molar-refractivity contribution is 4.75. The summed E-state index contributed by atoms with van der Waals surface area (Å²) in [6.45, 7) is 0. The van der Waals surface area contributed by atoms with Gasteiger partial charge in [-0.15, -0.1) is 0 Å². The van der Waals surface area contributed by atoms with Crippen LogP contribution in [0.25, 0.3) is 0 Å². The molecule has 5 heteroatoms. The van der Waals surface area contributed by atoms with Crippen LogP contribution in [0.3, 0.4) is 0 Å². The third-order valence-electron chi connectivity index (χ3n) is 0.513. The predicted octanol–water partition coefficient (Wildman–Crippen LogP) is 0.0270. The highest BCUT2D eigenvalue weighted by Crippen LogP contribution is 1.53. The maximum atomic E-state index is 9.98. The summed E-state index contributed by atoms with van der Waals surface area (Å²) >= 11 is 0. The molecule has 48 valence electrons. The predicted molar refractivity (Wildman–Crippen MR) is 31.5 cm³/mol. The zero-order valence-corrected chi connectivity index (χ0v) is 4.48. The minimum atomic E-state index is -0.0880. The fourth-order valence-electron chi connectivity index (χ4n) is 0.272. The summed E-state index contributed by atoms with van der Waals surface area (Å²) in [5.74, 6) is 0. The van der Waals surface area contributed by atoms with Crippen LogP contribution in [0, 0.1) is 0 Å². The number of hydrogen-bond acceptors (Lipinski definition) is 3. The average molecular weight is 118 g/mol. The van der Waals surface area contributed by atoms with E-state index < -0.39 is 0 Å². The quantitative estimate of drug-likeness (QED) is 0.384. The third kappa shape index (κ3) is 2.17. The van der Waals surface area contributed by atoms with Crippen molar-refractivity contribution in [1.82, 2.24) is 22.5 Å². The van der Waals surface area contributed by atoms with Crippen molar-refractivity contribution in [2.45, 2.75) is 0 Å². The summed E-state index contributed by atoms with van der Waals surface area (Å²) in [6.07, 6.45) is 1.54. The molecule has 1 aromatic heterocycles. The van der Waals surface area contributed by atoms with Gasteiger partial charge in [-0.1, -0.05) is 0 Å². The van der Waals surface area contributed by atoms with E-state index in [-0.39, 0.29) is 17.9 Å². The summed E-state index contributed by atoms with van der Waals surface area (Å²) in [6, 6.07) is 1.42. The lowest BCUT2D eigenvalue weighted by atomic mass is 10.7. The first-order valence-electron chi connectivity index (χ1n) is 1.61. The van der Waals surface area contributed by atoms with Crippen LogP contribution in [0.4, 0.5) is 0 Å². The van der Waals surface area contributed by atoms with Crippen LogP contribution in [0.2, 0.25) is 0 Å². The van der Waals surface area contributed by atoms with Gasteiger partial charge in [0.25, 0.3) is 5.56 Å². The molecule has 0 aliphatic carbocycles. The van der Waals surface area contributed by atoms with Gasteiger partial charge < -0.3 is 17.4 Å². The molecule has 0 bridgehead atoms. The molecule has 0 atom stereocenters. The van der Waals surface area contributed by atoms with Crippen LogP contribution in [-0.2, 0) is 0 Å². The van der Waals surface area contributed by atoms with Gasteiger partial charge in [-0.3, -0.25) is 9.89 Å². The topological polar surface area (TPSA) is 119 Å². The first-order valence-corrected chi connectivity index (χ1v) is 1.61. The molecular formula is C3H10N4O. The van der Waals surface area contributed by atoms with E-state index in [0.29, 0.717) is 0 Å². The van der Waals surface area contributed by atoms with Crippen LogP contribution < -0.4 is 17.9 Å². The molecule has 0 aliphatic rings. The second-order valence-electron chi connectivity index (χ2n) is 0.967. The molecular weight excluding hydrogens is 108 g/mol. The van der Waals surface area contributed by atoms with Gasteiger partial charge in [0.15, 0.2) is 0 Å². The van der Waals surface area contributed by atoms with Crippen molar-refractivity contribution < 1.29 is 0 Å². The minimum Gasteiger partial charge on any atom is -0.344 e. The highest BCUT2D eigenvalue weighted by Gasteiger charge is 1.70. The van der Waals surface area contributed by atoms with E-state index in [1.807, 2.05) is 0 Å². The Hall–Kier alpha value is -1.07. The Bertz CT molecular complexity index is 149. The minimum absolute atomic E-state index is 0. The molecule has 8 heavy (non-hydrogen) atoms. The van der Waals surface area contributed by atoms with E-state index in [9.17, 15) is 4.79 Å². The van der Waals surface area contributed by atoms with Crippen molar-refractivity contribution in [3.63, 3.8) is 0 Å². The van der Waals surface area contributed by atoms with Gasteiger partial charge in [-0.25, -0.2) is 0 Å². The Morgan fingerprint density at radius 3 is 2.12 bits per heavy atom. The maximum absolute atomic E-state index is 9.98. The standard InChI is InChI=1S/C3H4N2O.2H3N/c6-3-1-2-4-5-3;;/h1-2H,(H2,4,5,6);2*1H3. The molecule has 0 aromatic carbocycles. The van der Waals surface area contributed by atoms with Crippen molar-refractivity contribution >= 4 is 0 Å². The average Bonchev–Trinajstić information content (AvgIpc) is 1.86. The summed E-state index contributed by atoms with van der Waals surface area (Å²) in [4.78, 5) is 9.98. The van der Waals surface area contributed by atoms with E-state index in [2.05, 4.69) is 10.2 Å². The van der Waals surface area contributed by atoms with E-state index in [1.54, 1.807) is 6.20 Å². The zero-order chi connectivity index (χ0) is 4.41.